The molecule has 0 bridgehead atoms. The smallest absolute Gasteiger partial charge is 0.175 e. The minimum Gasteiger partial charge on any atom is -0.397 e. The fourth-order valence-electron chi connectivity index (χ4n) is 2.75. The molecule has 0 radical (unpaired) electrons. The van der Waals surface area contributed by atoms with E-state index in [0.717, 1.165) is 24.4 Å². The molecule has 2 atom stereocenters. The van der Waals surface area contributed by atoms with Gasteiger partial charge in [0.15, 0.2) is 9.84 Å². The second-order valence-corrected chi connectivity index (χ2v) is 7.99. The van der Waals surface area contributed by atoms with Crippen molar-refractivity contribution in [3.8, 4) is 0 Å². The number of hydrogen-bond donors (Lipinski definition) is 2. The van der Waals surface area contributed by atoms with Gasteiger partial charge in [0.05, 0.1) is 16.3 Å². The Morgan fingerprint density at radius 1 is 1.20 bits per heavy atom. The van der Waals surface area contributed by atoms with Crippen molar-refractivity contribution in [2.24, 2.45) is 5.92 Å². The first kappa shape index (κ1) is 15.2. The molecular weight excluding hydrogens is 272 g/mol. The van der Waals surface area contributed by atoms with Gasteiger partial charge in [-0.1, -0.05) is 19.8 Å². The minimum atomic E-state index is -3.20. The van der Waals surface area contributed by atoms with Crippen LogP contribution in [0.5, 0.6) is 0 Å². The van der Waals surface area contributed by atoms with Crippen LogP contribution in [0.3, 0.4) is 0 Å². The Hall–Kier alpha value is -1.23. The molecular formula is C15H24N2O2S. The van der Waals surface area contributed by atoms with Gasteiger partial charge in [0.25, 0.3) is 0 Å². The number of rotatable bonds is 3. The van der Waals surface area contributed by atoms with E-state index < -0.39 is 9.84 Å². The fourth-order valence-corrected chi connectivity index (χ4v) is 3.41. The van der Waals surface area contributed by atoms with E-state index in [1.54, 1.807) is 12.1 Å². The molecule has 0 amide bonds. The van der Waals surface area contributed by atoms with Crippen molar-refractivity contribution in [3.63, 3.8) is 0 Å². The lowest BCUT2D eigenvalue weighted by Crippen LogP contribution is -2.19. The summed E-state index contributed by atoms with van der Waals surface area (Å²) in [6, 6.07) is 5.37. The van der Waals surface area contributed by atoms with Crippen LogP contribution in [-0.4, -0.2) is 20.7 Å². The summed E-state index contributed by atoms with van der Waals surface area (Å²) < 4.78 is 23.0. The lowest BCUT2D eigenvalue weighted by molar-refractivity contribution is 0.502. The van der Waals surface area contributed by atoms with E-state index in [-0.39, 0.29) is 4.90 Å². The average molecular weight is 296 g/mol. The minimum absolute atomic E-state index is 0.273. The molecule has 1 saturated carbocycles. The standard InChI is InChI=1S/C15H24N2O2S/c1-11-4-3-5-12(7-6-11)17-15-9-8-13(10-14(15)16)20(2,18)19/h8-12,17H,3-7,16H2,1-2H3. The van der Waals surface area contributed by atoms with E-state index in [2.05, 4.69) is 12.2 Å². The van der Waals surface area contributed by atoms with Gasteiger partial charge in [-0.05, 0) is 43.4 Å². The molecule has 112 valence electrons. The Balaban J connectivity index is 2.10. The lowest BCUT2D eigenvalue weighted by Gasteiger charge is -2.19. The van der Waals surface area contributed by atoms with Crippen molar-refractivity contribution >= 4 is 21.2 Å². The van der Waals surface area contributed by atoms with E-state index in [1.807, 2.05) is 0 Å². The van der Waals surface area contributed by atoms with Crippen LogP contribution in [0, 0.1) is 5.92 Å². The van der Waals surface area contributed by atoms with Crippen LogP contribution in [0.15, 0.2) is 23.1 Å². The predicted octanol–water partition coefficient (Wildman–Crippen LogP) is 3.05. The normalized spacial score (nSPS) is 24.1. The van der Waals surface area contributed by atoms with Gasteiger partial charge in [0.1, 0.15) is 0 Å². The van der Waals surface area contributed by atoms with Crippen molar-refractivity contribution in [2.75, 3.05) is 17.3 Å². The van der Waals surface area contributed by atoms with Crippen LogP contribution >= 0.6 is 0 Å². The second-order valence-electron chi connectivity index (χ2n) is 5.98. The van der Waals surface area contributed by atoms with E-state index in [1.165, 1.54) is 31.6 Å². The SMILES string of the molecule is CC1CCCC(Nc2ccc(S(C)(=O)=O)cc2N)CC1. The van der Waals surface area contributed by atoms with Crippen molar-refractivity contribution < 1.29 is 8.42 Å². The molecule has 5 heteroatoms. The van der Waals surface area contributed by atoms with Gasteiger partial charge >= 0.3 is 0 Å². The Morgan fingerprint density at radius 3 is 2.60 bits per heavy atom. The van der Waals surface area contributed by atoms with Gasteiger partial charge in [-0.15, -0.1) is 0 Å². The molecule has 2 rings (SSSR count). The highest BCUT2D eigenvalue weighted by Gasteiger charge is 2.17. The summed E-state index contributed by atoms with van der Waals surface area (Å²) in [6.07, 6.45) is 7.26. The molecule has 20 heavy (non-hydrogen) atoms. The summed E-state index contributed by atoms with van der Waals surface area (Å²) in [5, 5.41) is 3.47. The summed E-state index contributed by atoms with van der Waals surface area (Å²) in [7, 11) is -3.20. The zero-order valence-electron chi connectivity index (χ0n) is 12.2. The number of nitrogens with one attached hydrogen (secondary N) is 1. The number of nitrogen functional groups attached to an aromatic ring is 1. The van der Waals surface area contributed by atoms with E-state index in [9.17, 15) is 8.42 Å². The fraction of sp³-hybridized carbons (Fsp3) is 0.600. The molecule has 1 aromatic carbocycles. The van der Waals surface area contributed by atoms with Gasteiger partial charge in [0.2, 0.25) is 0 Å². The van der Waals surface area contributed by atoms with Crippen molar-refractivity contribution in [3.05, 3.63) is 18.2 Å². The van der Waals surface area contributed by atoms with Crippen molar-refractivity contribution in [1.29, 1.82) is 0 Å². The maximum atomic E-state index is 11.5. The Kier molecular flexibility index (Phi) is 4.58. The molecule has 0 aliphatic heterocycles. The van der Waals surface area contributed by atoms with Gasteiger partial charge in [0, 0.05) is 12.3 Å². The molecule has 0 aromatic heterocycles. The van der Waals surface area contributed by atoms with Crippen molar-refractivity contribution in [2.45, 2.75) is 50.0 Å². The molecule has 3 N–H and O–H groups in total. The largest absolute Gasteiger partial charge is 0.397 e. The third-order valence-electron chi connectivity index (χ3n) is 4.07. The number of anilines is 2. The monoisotopic (exact) mass is 296 g/mol. The Bertz CT molecular complexity index is 569. The van der Waals surface area contributed by atoms with Crippen LogP contribution in [0.25, 0.3) is 0 Å². The molecule has 2 unspecified atom stereocenters. The van der Waals surface area contributed by atoms with E-state index in [0.29, 0.717) is 11.7 Å². The second kappa shape index (κ2) is 6.04. The lowest BCUT2D eigenvalue weighted by atomic mass is 10.0. The molecule has 1 aliphatic rings. The van der Waals surface area contributed by atoms with Crippen LogP contribution < -0.4 is 11.1 Å². The van der Waals surface area contributed by atoms with Gasteiger partial charge < -0.3 is 11.1 Å². The molecule has 0 saturated heterocycles. The van der Waals surface area contributed by atoms with Crippen molar-refractivity contribution in [1.82, 2.24) is 0 Å². The highest BCUT2D eigenvalue weighted by Crippen LogP contribution is 2.28. The van der Waals surface area contributed by atoms with Gasteiger partial charge in [-0.25, -0.2) is 8.42 Å². The Morgan fingerprint density at radius 2 is 1.95 bits per heavy atom. The maximum absolute atomic E-state index is 11.5. The quantitative estimate of drug-likeness (QED) is 0.664. The summed E-state index contributed by atoms with van der Waals surface area (Å²) in [5.41, 5.74) is 7.32. The summed E-state index contributed by atoms with van der Waals surface area (Å²) in [4.78, 5) is 0.273. The van der Waals surface area contributed by atoms with Crippen LogP contribution in [0.4, 0.5) is 11.4 Å². The third-order valence-corrected chi connectivity index (χ3v) is 5.18. The summed E-state index contributed by atoms with van der Waals surface area (Å²) in [6.45, 7) is 2.30. The molecule has 1 aliphatic carbocycles. The Labute approximate surface area is 121 Å². The highest BCUT2D eigenvalue weighted by molar-refractivity contribution is 7.90. The summed E-state index contributed by atoms with van der Waals surface area (Å²) in [5.74, 6) is 0.798. The topological polar surface area (TPSA) is 72.2 Å². The van der Waals surface area contributed by atoms with Crippen LogP contribution in [-0.2, 0) is 9.84 Å². The maximum Gasteiger partial charge on any atom is 0.175 e. The number of sulfone groups is 1. The predicted molar refractivity (Wildman–Crippen MR) is 83.6 cm³/mol. The van der Waals surface area contributed by atoms with Crippen LogP contribution in [0.1, 0.15) is 39.0 Å². The zero-order chi connectivity index (χ0) is 14.8. The highest BCUT2D eigenvalue weighted by atomic mass is 32.2. The summed E-state index contributed by atoms with van der Waals surface area (Å²) >= 11 is 0. The molecule has 0 heterocycles. The molecule has 1 aromatic rings. The number of hydrogen-bond acceptors (Lipinski definition) is 4. The zero-order valence-corrected chi connectivity index (χ0v) is 13.0. The molecule has 1 fully saturated rings. The molecule has 0 spiro atoms. The average Bonchev–Trinajstić information content (AvgIpc) is 2.56. The number of benzene rings is 1. The van der Waals surface area contributed by atoms with Crippen LogP contribution in [0.2, 0.25) is 0 Å². The van der Waals surface area contributed by atoms with E-state index in [4.69, 9.17) is 5.73 Å². The van der Waals surface area contributed by atoms with Gasteiger partial charge in [-0.3, -0.25) is 0 Å². The first-order valence-electron chi connectivity index (χ1n) is 7.22. The van der Waals surface area contributed by atoms with E-state index >= 15 is 0 Å². The first-order chi connectivity index (χ1) is 9.36. The van der Waals surface area contributed by atoms with Gasteiger partial charge in [-0.2, -0.15) is 0 Å². The first-order valence-corrected chi connectivity index (χ1v) is 9.11. The third kappa shape index (κ3) is 3.88. The number of nitrogens with two attached hydrogens (primary N) is 1. The molecule has 4 nitrogen and oxygen atoms in total.